The van der Waals surface area contributed by atoms with E-state index in [1.807, 2.05) is 12.1 Å². The van der Waals surface area contributed by atoms with Crippen LogP contribution in [0.3, 0.4) is 0 Å². The van der Waals surface area contributed by atoms with Gasteiger partial charge < -0.3 is 15.0 Å². The Morgan fingerprint density at radius 2 is 1.96 bits per heavy atom. The minimum absolute atomic E-state index is 0.391. The van der Waals surface area contributed by atoms with E-state index in [9.17, 15) is 5.11 Å². The van der Waals surface area contributed by atoms with E-state index in [1.165, 1.54) is 67.2 Å². The predicted octanol–water partition coefficient (Wildman–Crippen LogP) is 5.47. The third-order valence-electron chi connectivity index (χ3n) is 5.94. The van der Waals surface area contributed by atoms with Crippen molar-refractivity contribution in [3.8, 4) is 5.75 Å². The van der Waals surface area contributed by atoms with Crippen LogP contribution in [0.1, 0.15) is 49.1 Å². The van der Waals surface area contributed by atoms with Gasteiger partial charge in [-0.15, -0.1) is 0 Å². The van der Waals surface area contributed by atoms with Crippen molar-refractivity contribution < 1.29 is 5.11 Å². The fourth-order valence-electron chi connectivity index (χ4n) is 4.48. The zero-order chi connectivity index (χ0) is 18.5. The number of phenolic OH excluding ortho intramolecular Hbond substituents is 1. The molecular formula is C24H30N2O. The molecule has 0 radical (unpaired) electrons. The number of aromatic amines is 1. The molecule has 0 aliphatic carbocycles. The number of benzene rings is 2. The van der Waals surface area contributed by atoms with E-state index < -0.39 is 0 Å². The number of nitrogens with one attached hydrogen (secondary N) is 1. The first-order chi connectivity index (χ1) is 13.3. The van der Waals surface area contributed by atoms with Crippen molar-refractivity contribution >= 4 is 10.9 Å². The molecule has 4 rings (SSSR count). The van der Waals surface area contributed by atoms with Gasteiger partial charge in [-0.2, -0.15) is 0 Å². The Hall–Kier alpha value is -2.26. The third-order valence-corrected chi connectivity index (χ3v) is 5.94. The molecule has 1 atom stereocenters. The molecule has 0 spiro atoms. The second kappa shape index (κ2) is 8.62. The fourth-order valence-corrected chi connectivity index (χ4v) is 4.48. The van der Waals surface area contributed by atoms with Gasteiger partial charge in [-0.25, -0.2) is 0 Å². The van der Waals surface area contributed by atoms with Crippen molar-refractivity contribution in [2.24, 2.45) is 0 Å². The van der Waals surface area contributed by atoms with Gasteiger partial charge in [0, 0.05) is 23.6 Å². The Labute approximate surface area is 162 Å². The number of fused-ring (bicyclic) bond motifs is 1. The quantitative estimate of drug-likeness (QED) is 0.547. The minimum Gasteiger partial charge on any atom is -0.508 e. The number of hydrogen-bond donors (Lipinski definition) is 2. The van der Waals surface area contributed by atoms with Gasteiger partial charge in [0.15, 0.2) is 0 Å². The molecule has 1 unspecified atom stereocenters. The van der Waals surface area contributed by atoms with Crippen LogP contribution in [0.15, 0.2) is 54.7 Å². The van der Waals surface area contributed by atoms with E-state index in [4.69, 9.17) is 0 Å². The number of phenols is 1. The summed E-state index contributed by atoms with van der Waals surface area (Å²) in [5, 5.41) is 11.1. The number of aromatic hydroxyl groups is 1. The molecule has 2 heterocycles. The number of hydrogen-bond acceptors (Lipinski definition) is 2. The third kappa shape index (κ3) is 4.54. The smallest absolute Gasteiger partial charge is 0.115 e. The Morgan fingerprint density at radius 3 is 2.89 bits per heavy atom. The molecule has 0 amide bonds. The van der Waals surface area contributed by atoms with Crippen LogP contribution in [0.25, 0.3) is 10.9 Å². The molecule has 3 nitrogen and oxygen atoms in total. The summed E-state index contributed by atoms with van der Waals surface area (Å²) in [6, 6.07) is 16.4. The Bertz CT molecular complexity index is 869. The van der Waals surface area contributed by atoms with Crippen LogP contribution in [-0.4, -0.2) is 34.6 Å². The average Bonchev–Trinajstić information content (AvgIpc) is 3.11. The Kier molecular flexibility index (Phi) is 5.78. The largest absolute Gasteiger partial charge is 0.508 e. The van der Waals surface area contributed by atoms with Gasteiger partial charge >= 0.3 is 0 Å². The first-order valence-corrected chi connectivity index (χ1v) is 10.4. The van der Waals surface area contributed by atoms with Crippen LogP contribution >= 0.6 is 0 Å². The van der Waals surface area contributed by atoms with Gasteiger partial charge in [0.2, 0.25) is 0 Å². The van der Waals surface area contributed by atoms with Crippen molar-refractivity contribution in [2.45, 2.75) is 44.4 Å². The van der Waals surface area contributed by atoms with Gasteiger partial charge in [-0.1, -0.05) is 36.8 Å². The minimum atomic E-state index is 0.391. The molecule has 1 fully saturated rings. The lowest BCUT2D eigenvalue weighted by Gasteiger charge is -2.33. The highest BCUT2D eigenvalue weighted by Gasteiger charge is 2.21. The summed E-state index contributed by atoms with van der Waals surface area (Å²) in [6.45, 7) is 3.55. The van der Waals surface area contributed by atoms with E-state index in [0.29, 0.717) is 11.7 Å². The molecule has 1 saturated heterocycles. The molecule has 1 aromatic heterocycles. The van der Waals surface area contributed by atoms with Gasteiger partial charge in [0.25, 0.3) is 0 Å². The van der Waals surface area contributed by atoms with Crippen LogP contribution in [0.5, 0.6) is 5.75 Å². The zero-order valence-corrected chi connectivity index (χ0v) is 16.0. The first kappa shape index (κ1) is 18.1. The summed E-state index contributed by atoms with van der Waals surface area (Å²) in [5.74, 6) is 0.957. The topological polar surface area (TPSA) is 39.3 Å². The SMILES string of the molecule is Oc1cccc(C2CCCN(CCCCCc3c[nH]c4ccccc34)C2)c1. The number of unbranched alkanes of at least 4 members (excludes halogenated alkanes) is 2. The molecule has 1 aliphatic heterocycles. The maximum Gasteiger partial charge on any atom is 0.115 e. The van der Waals surface area contributed by atoms with Gasteiger partial charge in [0.05, 0.1) is 0 Å². The Balaban J connectivity index is 1.21. The van der Waals surface area contributed by atoms with Gasteiger partial charge in [-0.05, 0) is 80.4 Å². The molecule has 3 aromatic rings. The lowest BCUT2D eigenvalue weighted by molar-refractivity contribution is 0.204. The second-order valence-corrected chi connectivity index (χ2v) is 7.90. The summed E-state index contributed by atoms with van der Waals surface area (Å²) in [7, 11) is 0. The number of likely N-dealkylation sites (tertiary alicyclic amines) is 1. The van der Waals surface area contributed by atoms with E-state index in [-0.39, 0.29) is 0 Å². The van der Waals surface area contributed by atoms with Crippen molar-refractivity contribution in [2.75, 3.05) is 19.6 Å². The van der Waals surface area contributed by atoms with Crippen LogP contribution in [-0.2, 0) is 6.42 Å². The molecule has 142 valence electrons. The normalized spacial score (nSPS) is 18.1. The highest BCUT2D eigenvalue weighted by atomic mass is 16.3. The molecule has 2 N–H and O–H groups in total. The van der Waals surface area contributed by atoms with Crippen LogP contribution in [0, 0.1) is 0 Å². The van der Waals surface area contributed by atoms with Crippen LogP contribution < -0.4 is 0 Å². The molecule has 0 bridgehead atoms. The maximum absolute atomic E-state index is 9.74. The predicted molar refractivity (Wildman–Crippen MR) is 112 cm³/mol. The van der Waals surface area contributed by atoms with E-state index in [0.717, 1.165) is 13.0 Å². The van der Waals surface area contributed by atoms with Crippen molar-refractivity contribution in [1.82, 2.24) is 9.88 Å². The van der Waals surface area contributed by atoms with E-state index in [2.05, 4.69) is 46.4 Å². The van der Waals surface area contributed by atoms with Crippen LogP contribution in [0.2, 0.25) is 0 Å². The molecular weight excluding hydrogens is 332 g/mol. The average molecular weight is 363 g/mol. The summed E-state index contributed by atoms with van der Waals surface area (Å²) >= 11 is 0. The van der Waals surface area contributed by atoms with E-state index in [1.54, 1.807) is 6.07 Å². The molecule has 1 aliphatic rings. The highest BCUT2D eigenvalue weighted by molar-refractivity contribution is 5.82. The monoisotopic (exact) mass is 362 g/mol. The van der Waals surface area contributed by atoms with Crippen molar-refractivity contribution in [1.29, 1.82) is 0 Å². The zero-order valence-electron chi connectivity index (χ0n) is 16.0. The summed E-state index contributed by atoms with van der Waals surface area (Å²) < 4.78 is 0. The number of rotatable bonds is 7. The maximum atomic E-state index is 9.74. The second-order valence-electron chi connectivity index (χ2n) is 7.90. The molecule has 3 heteroatoms. The number of aromatic nitrogens is 1. The number of H-pyrrole nitrogens is 1. The number of para-hydroxylation sites is 1. The molecule has 0 saturated carbocycles. The lowest BCUT2D eigenvalue weighted by atomic mass is 9.90. The fraction of sp³-hybridized carbons (Fsp3) is 0.417. The van der Waals surface area contributed by atoms with Crippen molar-refractivity contribution in [3.63, 3.8) is 0 Å². The van der Waals surface area contributed by atoms with Crippen molar-refractivity contribution in [3.05, 3.63) is 65.9 Å². The summed E-state index contributed by atoms with van der Waals surface area (Å²) in [4.78, 5) is 5.99. The molecule has 2 aromatic carbocycles. The number of piperidine rings is 1. The van der Waals surface area contributed by atoms with E-state index >= 15 is 0 Å². The summed E-state index contributed by atoms with van der Waals surface area (Å²) in [5.41, 5.74) is 3.99. The summed E-state index contributed by atoms with van der Waals surface area (Å²) in [6.07, 6.45) is 9.65. The standard InChI is InChI=1S/C24H30N2O/c27-22-11-6-9-19(16-22)21-10-7-15-26(18-21)14-5-1-2-8-20-17-25-24-13-4-3-12-23(20)24/h3-4,6,9,11-13,16-17,21,25,27H,1-2,5,7-8,10,14-15,18H2. The first-order valence-electron chi connectivity index (χ1n) is 10.4. The highest BCUT2D eigenvalue weighted by Crippen LogP contribution is 2.29. The lowest BCUT2D eigenvalue weighted by Crippen LogP contribution is -2.35. The number of aryl methyl sites for hydroxylation is 1. The Morgan fingerprint density at radius 1 is 1.04 bits per heavy atom. The van der Waals surface area contributed by atoms with Gasteiger partial charge in [0.1, 0.15) is 5.75 Å². The number of nitrogens with zero attached hydrogens (tertiary/aromatic N) is 1. The van der Waals surface area contributed by atoms with Gasteiger partial charge in [-0.3, -0.25) is 0 Å². The van der Waals surface area contributed by atoms with Crippen LogP contribution in [0.4, 0.5) is 0 Å². The molecule has 27 heavy (non-hydrogen) atoms.